The van der Waals surface area contributed by atoms with Crippen molar-refractivity contribution in [1.82, 2.24) is 15.1 Å². The number of fused-ring (bicyclic) bond motifs is 1. The summed E-state index contributed by atoms with van der Waals surface area (Å²) in [4.78, 5) is 40.6. The average molecular weight is 527 g/mol. The number of aromatic carboxylic acids is 1. The number of carboxylic acid groups (broad SMARTS) is 1. The number of carbonyl (C=O) groups is 3. The van der Waals surface area contributed by atoms with Crippen molar-refractivity contribution in [1.29, 1.82) is 0 Å². The summed E-state index contributed by atoms with van der Waals surface area (Å²) >= 11 is 0. The Kier molecular flexibility index (Phi) is 9.71. The molecular formula is C28H38N4O6. The summed E-state index contributed by atoms with van der Waals surface area (Å²) in [5.74, 6) is -0.870. The summed E-state index contributed by atoms with van der Waals surface area (Å²) in [6.07, 6.45) is -0.276. The van der Waals surface area contributed by atoms with Crippen molar-refractivity contribution in [2.45, 2.75) is 52.4 Å². The maximum Gasteiger partial charge on any atom is 0.335 e. The van der Waals surface area contributed by atoms with Gasteiger partial charge in [-0.2, -0.15) is 0 Å². The lowest BCUT2D eigenvalue weighted by Gasteiger charge is -2.38. The van der Waals surface area contributed by atoms with E-state index >= 15 is 0 Å². The minimum atomic E-state index is -0.963. The molecule has 1 heterocycles. The zero-order chi connectivity index (χ0) is 28.0. The molecule has 1 aliphatic heterocycles. The van der Waals surface area contributed by atoms with Crippen LogP contribution in [0, 0.1) is 5.92 Å². The van der Waals surface area contributed by atoms with Gasteiger partial charge in [0, 0.05) is 37.3 Å². The van der Waals surface area contributed by atoms with E-state index < -0.39 is 12.0 Å². The Morgan fingerprint density at radius 3 is 2.45 bits per heavy atom. The number of aliphatic hydroxyl groups excluding tert-OH is 1. The number of nitrogens with one attached hydrogen (secondary N) is 2. The quantitative estimate of drug-likeness (QED) is 0.394. The molecule has 2 aromatic carbocycles. The normalized spacial score (nSPS) is 18.3. The second-order valence-electron chi connectivity index (χ2n) is 10.3. The van der Waals surface area contributed by atoms with Crippen molar-refractivity contribution in [2.24, 2.45) is 5.92 Å². The summed E-state index contributed by atoms with van der Waals surface area (Å²) < 4.78 is 6.41. The lowest BCUT2D eigenvalue weighted by atomic mass is 9.99. The Balaban J connectivity index is 1.84. The van der Waals surface area contributed by atoms with Gasteiger partial charge in [0.1, 0.15) is 11.9 Å². The number of carboxylic acids is 1. The largest absolute Gasteiger partial charge is 0.488 e. The number of rotatable bonds is 9. The Morgan fingerprint density at radius 1 is 1.16 bits per heavy atom. The number of likely N-dealkylation sites (N-methyl/N-ethyl adjacent to an activating group) is 1. The molecule has 2 aromatic rings. The predicted octanol–water partition coefficient (Wildman–Crippen LogP) is 3.27. The van der Waals surface area contributed by atoms with Crippen LogP contribution in [-0.4, -0.2) is 82.9 Å². The van der Waals surface area contributed by atoms with Gasteiger partial charge in [0.2, 0.25) is 0 Å². The van der Waals surface area contributed by atoms with Crippen LogP contribution in [0.25, 0.3) is 0 Å². The molecule has 0 saturated heterocycles. The predicted molar refractivity (Wildman–Crippen MR) is 145 cm³/mol. The van der Waals surface area contributed by atoms with E-state index in [0.29, 0.717) is 36.6 Å². The van der Waals surface area contributed by atoms with Gasteiger partial charge in [-0.3, -0.25) is 9.69 Å². The van der Waals surface area contributed by atoms with E-state index in [-0.39, 0.29) is 42.2 Å². The molecule has 0 radical (unpaired) electrons. The van der Waals surface area contributed by atoms with E-state index in [2.05, 4.69) is 15.5 Å². The summed E-state index contributed by atoms with van der Waals surface area (Å²) in [6.45, 7) is 8.87. The van der Waals surface area contributed by atoms with Gasteiger partial charge in [0.05, 0.1) is 23.8 Å². The Hall–Kier alpha value is -3.63. The monoisotopic (exact) mass is 526 g/mol. The number of benzene rings is 2. The number of urea groups is 1. The zero-order valence-corrected chi connectivity index (χ0v) is 22.6. The Morgan fingerprint density at radius 2 is 1.84 bits per heavy atom. The second kappa shape index (κ2) is 12.7. The van der Waals surface area contributed by atoms with E-state index in [9.17, 15) is 19.5 Å². The third-order valence-corrected chi connectivity index (χ3v) is 6.49. The van der Waals surface area contributed by atoms with Gasteiger partial charge in [0.15, 0.2) is 0 Å². The molecule has 10 nitrogen and oxygen atoms in total. The van der Waals surface area contributed by atoms with Crippen LogP contribution in [0.5, 0.6) is 5.75 Å². The molecule has 3 rings (SSSR count). The molecule has 0 unspecified atom stereocenters. The van der Waals surface area contributed by atoms with Crippen molar-refractivity contribution < 1.29 is 29.3 Å². The topological polar surface area (TPSA) is 131 Å². The summed E-state index contributed by atoms with van der Waals surface area (Å²) in [5, 5.41) is 24.5. The lowest BCUT2D eigenvalue weighted by molar-refractivity contribution is 0.0341. The van der Waals surface area contributed by atoms with Crippen LogP contribution in [0.4, 0.5) is 10.5 Å². The van der Waals surface area contributed by atoms with Crippen LogP contribution in [-0.2, 0) is 6.54 Å². The summed E-state index contributed by atoms with van der Waals surface area (Å²) in [6, 6.07) is 10.9. The van der Waals surface area contributed by atoms with E-state index in [1.807, 2.05) is 27.8 Å². The molecule has 1 aliphatic rings. The fourth-order valence-corrected chi connectivity index (χ4v) is 4.38. The number of anilines is 1. The second-order valence-corrected chi connectivity index (χ2v) is 10.3. The maximum atomic E-state index is 13.6. The molecule has 0 spiro atoms. The van der Waals surface area contributed by atoms with Crippen LogP contribution in [0.2, 0.25) is 0 Å². The van der Waals surface area contributed by atoms with Crippen LogP contribution >= 0.6 is 0 Å². The van der Waals surface area contributed by atoms with Crippen LogP contribution in [0.15, 0.2) is 42.5 Å². The minimum absolute atomic E-state index is 0.0421. The number of carbonyl (C=O) groups excluding carboxylic acids is 2. The molecule has 38 heavy (non-hydrogen) atoms. The maximum absolute atomic E-state index is 13.6. The van der Waals surface area contributed by atoms with Gasteiger partial charge in [0.25, 0.3) is 5.91 Å². The van der Waals surface area contributed by atoms with E-state index in [4.69, 9.17) is 9.84 Å². The molecular weight excluding hydrogens is 488 g/mol. The first-order valence-corrected chi connectivity index (χ1v) is 12.8. The van der Waals surface area contributed by atoms with Gasteiger partial charge in [-0.05, 0) is 63.7 Å². The Bertz CT molecular complexity index is 1140. The zero-order valence-electron chi connectivity index (χ0n) is 22.6. The lowest BCUT2D eigenvalue weighted by Crippen LogP contribution is -2.49. The highest BCUT2D eigenvalue weighted by molar-refractivity contribution is 5.99. The SMILES string of the molecule is CC(C)NC(=O)Nc1ccc2c(c1)C(=O)N([C@H](C)CO)C[C@H](C)[C@H](CN(C)Cc1ccc(C(=O)O)cc1)O2. The highest BCUT2D eigenvalue weighted by Crippen LogP contribution is 2.30. The first kappa shape index (κ1) is 28.9. The third-order valence-electron chi connectivity index (χ3n) is 6.49. The summed E-state index contributed by atoms with van der Waals surface area (Å²) in [5.41, 5.74) is 1.99. The number of hydrogen-bond acceptors (Lipinski definition) is 6. The molecule has 206 valence electrons. The van der Waals surface area contributed by atoms with Crippen molar-refractivity contribution in [3.63, 3.8) is 0 Å². The highest BCUT2D eigenvalue weighted by Gasteiger charge is 2.33. The van der Waals surface area contributed by atoms with Crippen molar-refractivity contribution in [3.8, 4) is 5.75 Å². The number of amides is 3. The minimum Gasteiger partial charge on any atom is -0.488 e. The Labute approximate surface area is 223 Å². The van der Waals surface area contributed by atoms with Gasteiger partial charge >= 0.3 is 12.0 Å². The highest BCUT2D eigenvalue weighted by atomic mass is 16.5. The molecule has 3 atom stereocenters. The van der Waals surface area contributed by atoms with Crippen molar-refractivity contribution in [2.75, 3.05) is 32.1 Å². The number of aliphatic hydroxyl groups is 1. The van der Waals surface area contributed by atoms with Crippen LogP contribution < -0.4 is 15.4 Å². The molecule has 10 heteroatoms. The van der Waals surface area contributed by atoms with Gasteiger partial charge in [-0.25, -0.2) is 9.59 Å². The van der Waals surface area contributed by atoms with E-state index in [1.165, 1.54) is 0 Å². The van der Waals surface area contributed by atoms with Crippen LogP contribution in [0.1, 0.15) is 54.0 Å². The van der Waals surface area contributed by atoms with Gasteiger partial charge in [-0.15, -0.1) is 0 Å². The van der Waals surface area contributed by atoms with Crippen molar-refractivity contribution >= 4 is 23.6 Å². The van der Waals surface area contributed by atoms with Gasteiger partial charge in [-0.1, -0.05) is 19.1 Å². The molecule has 0 bridgehead atoms. The van der Waals surface area contributed by atoms with Crippen molar-refractivity contribution in [3.05, 3.63) is 59.2 Å². The first-order chi connectivity index (χ1) is 18.0. The number of nitrogens with zero attached hydrogens (tertiary/aromatic N) is 2. The summed E-state index contributed by atoms with van der Waals surface area (Å²) in [7, 11) is 1.96. The van der Waals surface area contributed by atoms with Crippen LogP contribution in [0.3, 0.4) is 0 Å². The molecule has 4 N–H and O–H groups in total. The van der Waals surface area contributed by atoms with Gasteiger partial charge < -0.3 is 30.5 Å². The van der Waals surface area contributed by atoms with E-state index in [0.717, 1.165) is 5.56 Å². The number of hydrogen-bond donors (Lipinski definition) is 4. The van der Waals surface area contributed by atoms with E-state index in [1.54, 1.807) is 54.3 Å². The number of ether oxygens (including phenoxy) is 1. The first-order valence-electron chi connectivity index (χ1n) is 12.8. The smallest absolute Gasteiger partial charge is 0.335 e. The fraction of sp³-hybridized carbons (Fsp3) is 0.464. The molecule has 0 fully saturated rings. The molecule has 0 aliphatic carbocycles. The average Bonchev–Trinajstić information content (AvgIpc) is 2.85. The standard InChI is InChI=1S/C28H38N4O6/c1-17(2)29-28(37)30-22-10-11-24-23(12-22)26(34)32(19(4)16-33)13-18(3)25(38-24)15-31(5)14-20-6-8-21(9-7-20)27(35)36/h6-12,17-19,25,33H,13-16H2,1-5H3,(H,35,36)(H2,29,30,37)/t18-,19+,25-/m0/s1. The molecule has 0 aromatic heterocycles. The molecule has 3 amide bonds. The molecule has 0 saturated carbocycles. The fourth-order valence-electron chi connectivity index (χ4n) is 4.38. The third kappa shape index (κ3) is 7.45.